The summed E-state index contributed by atoms with van der Waals surface area (Å²) in [6.07, 6.45) is 0.864. The molecule has 1 aromatic rings. The molecule has 4 nitrogen and oxygen atoms in total. The summed E-state index contributed by atoms with van der Waals surface area (Å²) in [5.74, 6) is 0.891. The Morgan fingerprint density at radius 1 is 1.37 bits per heavy atom. The van der Waals surface area contributed by atoms with Gasteiger partial charge in [0.1, 0.15) is 5.38 Å². The largest absolute Gasteiger partial charge is 0.493 e. The van der Waals surface area contributed by atoms with Gasteiger partial charge in [-0.1, -0.05) is 22.9 Å². The lowest BCUT2D eigenvalue weighted by Gasteiger charge is -2.15. The monoisotopic (exact) mass is 349 g/mol. The van der Waals surface area contributed by atoms with E-state index in [9.17, 15) is 4.79 Å². The van der Waals surface area contributed by atoms with Crippen LogP contribution >= 0.6 is 27.5 Å². The zero-order valence-electron chi connectivity index (χ0n) is 11.1. The van der Waals surface area contributed by atoms with Gasteiger partial charge in [-0.05, 0) is 24.1 Å². The van der Waals surface area contributed by atoms with E-state index < -0.39 is 5.38 Å². The number of ether oxygens (including phenoxy) is 2. The lowest BCUT2D eigenvalue weighted by Crippen LogP contribution is -2.27. The number of amides is 1. The van der Waals surface area contributed by atoms with Crippen LogP contribution in [0.1, 0.15) is 24.3 Å². The molecule has 6 heteroatoms. The summed E-state index contributed by atoms with van der Waals surface area (Å²) in [6.45, 7) is 2.59. The highest BCUT2D eigenvalue weighted by molar-refractivity contribution is 9.10. The molecule has 0 radical (unpaired) electrons. The van der Waals surface area contributed by atoms with Crippen molar-refractivity contribution in [3.05, 3.63) is 22.2 Å². The molecule has 0 saturated carbocycles. The summed E-state index contributed by atoms with van der Waals surface area (Å²) < 4.78 is 11.1. The van der Waals surface area contributed by atoms with Crippen molar-refractivity contribution in [1.29, 1.82) is 0 Å². The highest BCUT2D eigenvalue weighted by Gasteiger charge is 2.22. The molecule has 0 heterocycles. The molecular weight excluding hydrogens is 334 g/mol. The SMILES string of the molecule is CCCNC(=O)C(Cl)c1cc(OC)c(OC)cc1Br. The number of nitrogens with one attached hydrogen (secondary N) is 1. The fourth-order valence-corrected chi connectivity index (χ4v) is 2.48. The van der Waals surface area contributed by atoms with E-state index >= 15 is 0 Å². The highest BCUT2D eigenvalue weighted by Crippen LogP contribution is 2.38. The predicted molar refractivity (Wildman–Crippen MR) is 79.1 cm³/mol. The minimum Gasteiger partial charge on any atom is -0.493 e. The minimum absolute atomic E-state index is 0.226. The molecule has 0 saturated heterocycles. The van der Waals surface area contributed by atoms with Crippen LogP contribution in [0.3, 0.4) is 0 Å². The van der Waals surface area contributed by atoms with Crippen molar-refractivity contribution in [3.8, 4) is 11.5 Å². The van der Waals surface area contributed by atoms with E-state index in [0.29, 0.717) is 28.1 Å². The molecule has 1 rings (SSSR count). The van der Waals surface area contributed by atoms with Gasteiger partial charge in [0.05, 0.1) is 14.2 Å². The predicted octanol–water partition coefficient (Wildman–Crippen LogP) is 3.27. The zero-order chi connectivity index (χ0) is 14.4. The second kappa shape index (κ2) is 7.60. The number of benzene rings is 1. The summed E-state index contributed by atoms with van der Waals surface area (Å²) >= 11 is 9.57. The molecular formula is C13H17BrClNO3. The Kier molecular flexibility index (Phi) is 6.45. The Morgan fingerprint density at radius 3 is 2.47 bits per heavy atom. The van der Waals surface area contributed by atoms with E-state index in [1.165, 1.54) is 7.11 Å². The molecule has 1 unspecified atom stereocenters. The van der Waals surface area contributed by atoms with Gasteiger partial charge >= 0.3 is 0 Å². The van der Waals surface area contributed by atoms with Crippen molar-refractivity contribution in [2.45, 2.75) is 18.7 Å². The highest BCUT2D eigenvalue weighted by atomic mass is 79.9. The summed E-state index contributed by atoms with van der Waals surface area (Å²) in [7, 11) is 3.09. The first-order chi connectivity index (χ1) is 9.04. The number of carbonyl (C=O) groups is 1. The van der Waals surface area contributed by atoms with Crippen molar-refractivity contribution in [1.82, 2.24) is 5.32 Å². The third kappa shape index (κ3) is 4.01. The smallest absolute Gasteiger partial charge is 0.242 e. The van der Waals surface area contributed by atoms with Crippen LogP contribution in [0.5, 0.6) is 11.5 Å². The topological polar surface area (TPSA) is 47.6 Å². The normalized spacial score (nSPS) is 11.8. The molecule has 19 heavy (non-hydrogen) atoms. The molecule has 1 N–H and O–H groups in total. The van der Waals surface area contributed by atoms with Gasteiger partial charge in [-0.2, -0.15) is 0 Å². The molecule has 1 atom stereocenters. The van der Waals surface area contributed by atoms with E-state index in [0.717, 1.165) is 6.42 Å². The van der Waals surface area contributed by atoms with E-state index in [1.54, 1.807) is 19.2 Å². The van der Waals surface area contributed by atoms with Gasteiger partial charge in [-0.25, -0.2) is 0 Å². The van der Waals surface area contributed by atoms with Crippen molar-refractivity contribution >= 4 is 33.4 Å². The van der Waals surface area contributed by atoms with Crippen LogP contribution in [-0.4, -0.2) is 26.7 Å². The van der Waals surface area contributed by atoms with Crippen molar-refractivity contribution in [2.75, 3.05) is 20.8 Å². The van der Waals surface area contributed by atoms with E-state index in [2.05, 4.69) is 21.2 Å². The summed E-state index contributed by atoms with van der Waals surface area (Å²) in [6, 6.07) is 3.43. The first kappa shape index (κ1) is 16.1. The third-order valence-electron chi connectivity index (χ3n) is 2.56. The molecule has 0 fully saturated rings. The van der Waals surface area contributed by atoms with Gasteiger partial charge in [0.25, 0.3) is 0 Å². The quantitative estimate of drug-likeness (QED) is 0.801. The second-order valence-corrected chi connectivity index (χ2v) is 5.17. The molecule has 106 valence electrons. The van der Waals surface area contributed by atoms with Crippen LogP contribution in [0.2, 0.25) is 0 Å². The molecule has 0 aliphatic rings. The first-order valence-corrected chi connectivity index (χ1v) is 7.11. The van der Waals surface area contributed by atoms with E-state index in [1.807, 2.05) is 6.92 Å². The lowest BCUT2D eigenvalue weighted by molar-refractivity contribution is -0.120. The zero-order valence-corrected chi connectivity index (χ0v) is 13.5. The van der Waals surface area contributed by atoms with Crippen LogP contribution in [-0.2, 0) is 4.79 Å². The minimum atomic E-state index is -0.777. The van der Waals surface area contributed by atoms with Crippen molar-refractivity contribution < 1.29 is 14.3 Å². The number of hydrogen-bond acceptors (Lipinski definition) is 3. The average Bonchev–Trinajstić information content (AvgIpc) is 2.43. The number of alkyl halides is 1. The Hall–Kier alpha value is -0.940. The molecule has 0 aliphatic carbocycles. The lowest BCUT2D eigenvalue weighted by atomic mass is 10.1. The first-order valence-electron chi connectivity index (χ1n) is 5.88. The molecule has 1 amide bonds. The maximum atomic E-state index is 11.9. The van der Waals surface area contributed by atoms with Crippen LogP contribution in [0.4, 0.5) is 0 Å². The standard InChI is InChI=1S/C13H17BrClNO3/c1-4-5-16-13(17)12(15)8-6-10(18-2)11(19-3)7-9(8)14/h6-7,12H,4-5H2,1-3H3,(H,16,17). The number of rotatable bonds is 6. The summed E-state index contributed by atoms with van der Waals surface area (Å²) in [4.78, 5) is 11.9. The summed E-state index contributed by atoms with van der Waals surface area (Å²) in [5, 5.41) is 1.98. The van der Waals surface area contributed by atoms with Crippen molar-refractivity contribution in [2.24, 2.45) is 0 Å². The van der Waals surface area contributed by atoms with E-state index in [-0.39, 0.29) is 5.91 Å². The Labute approximate surface area is 126 Å². The van der Waals surface area contributed by atoms with E-state index in [4.69, 9.17) is 21.1 Å². The van der Waals surface area contributed by atoms with Gasteiger partial charge in [0.2, 0.25) is 5.91 Å². The Balaban J connectivity index is 3.02. The molecule has 0 spiro atoms. The third-order valence-corrected chi connectivity index (χ3v) is 3.68. The molecule has 0 aromatic heterocycles. The summed E-state index contributed by atoms with van der Waals surface area (Å²) in [5.41, 5.74) is 0.646. The fourth-order valence-electron chi connectivity index (χ4n) is 1.54. The van der Waals surface area contributed by atoms with Gasteiger partial charge in [0, 0.05) is 11.0 Å². The van der Waals surface area contributed by atoms with Crippen LogP contribution in [0.25, 0.3) is 0 Å². The van der Waals surface area contributed by atoms with Crippen LogP contribution in [0.15, 0.2) is 16.6 Å². The van der Waals surface area contributed by atoms with Gasteiger partial charge in [-0.15, -0.1) is 11.6 Å². The average molecular weight is 351 g/mol. The number of halogens is 2. The molecule has 0 bridgehead atoms. The maximum Gasteiger partial charge on any atom is 0.242 e. The number of carbonyl (C=O) groups excluding carboxylic acids is 1. The molecule has 1 aromatic carbocycles. The number of hydrogen-bond donors (Lipinski definition) is 1. The van der Waals surface area contributed by atoms with Gasteiger partial charge < -0.3 is 14.8 Å². The maximum absolute atomic E-state index is 11.9. The fraction of sp³-hybridized carbons (Fsp3) is 0.462. The van der Waals surface area contributed by atoms with Gasteiger partial charge in [0.15, 0.2) is 11.5 Å². The Morgan fingerprint density at radius 2 is 1.95 bits per heavy atom. The second-order valence-electron chi connectivity index (χ2n) is 3.88. The number of methoxy groups -OCH3 is 2. The molecule has 0 aliphatic heterocycles. The van der Waals surface area contributed by atoms with Crippen LogP contribution < -0.4 is 14.8 Å². The Bertz CT molecular complexity index is 454. The van der Waals surface area contributed by atoms with Crippen LogP contribution in [0, 0.1) is 0 Å². The van der Waals surface area contributed by atoms with Gasteiger partial charge in [-0.3, -0.25) is 4.79 Å². The van der Waals surface area contributed by atoms with Crippen molar-refractivity contribution in [3.63, 3.8) is 0 Å².